The van der Waals surface area contributed by atoms with Gasteiger partial charge in [0.2, 0.25) is 5.91 Å². The molecule has 2 rings (SSSR count). The average molecular weight is 344 g/mol. The van der Waals surface area contributed by atoms with Gasteiger partial charge in [-0.1, -0.05) is 34.8 Å². The third-order valence-electron chi connectivity index (χ3n) is 2.73. The van der Waals surface area contributed by atoms with Crippen molar-refractivity contribution < 1.29 is 4.79 Å². The highest BCUT2D eigenvalue weighted by Crippen LogP contribution is 2.24. The van der Waals surface area contributed by atoms with Gasteiger partial charge in [-0.05, 0) is 42.5 Å². The van der Waals surface area contributed by atoms with E-state index in [1.807, 2.05) is 6.07 Å². The van der Waals surface area contributed by atoms with Crippen molar-refractivity contribution >= 4 is 52.1 Å². The Kier molecular flexibility index (Phi) is 5.74. The molecule has 6 heteroatoms. The number of carbonyl (C=O) groups excluding carboxylic acids is 1. The highest BCUT2D eigenvalue weighted by molar-refractivity contribution is 6.42. The Bertz CT molecular complexity index is 629. The van der Waals surface area contributed by atoms with E-state index in [9.17, 15) is 4.79 Å². The molecule has 0 unspecified atom stereocenters. The molecule has 0 spiro atoms. The summed E-state index contributed by atoms with van der Waals surface area (Å²) >= 11 is 17.5. The second-order valence-electron chi connectivity index (χ2n) is 4.36. The molecule has 0 aliphatic heterocycles. The quantitative estimate of drug-likeness (QED) is 0.794. The Hall–Kier alpha value is -1.42. The van der Waals surface area contributed by atoms with Crippen molar-refractivity contribution in [2.24, 2.45) is 0 Å². The van der Waals surface area contributed by atoms with Gasteiger partial charge in [0, 0.05) is 29.4 Å². The number of hydrogen-bond donors (Lipinski definition) is 2. The number of rotatable bonds is 5. The summed E-state index contributed by atoms with van der Waals surface area (Å²) in [6, 6.07) is 12.2. The smallest absolute Gasteiger partial charge is 0.226 e. The molecule has 0 aromatic heterocycles. The fourth-order valence-corrected chi connectivity index (χ4v) is 2.11. The number of nitrogens with one attached hydrogen (secondary N) is 2. The van der Waals surface area contributed by atoms with E-state index in [0.29, 0.717) is 28.0 Å². The SMILES string of the molecule is O=C(CCNc1ccc(Cl)c(Cl)c1)Nc1ccc(Cl)cc1. The molecular formula is C15H13Cl3N2O. The Labute approximate surface area is 138 Å². The van der Waals surface area contributed by atoms with E-state index in [-0.39, 0.29) is 5.91 Å². The molecule has 0 fully saturated rings. The lowest BCUT2D eigenvalue weighted by atomic mass is 10.3. The Balaban J connectivity index is 1.78. The molecule has 21 heavy (non-hydrogen) atoms. The normalized spacial score (nSPS) is 10.2. The van der Waals surface area contributed by atoms with Crippen molar-refractivity contribution in [3.05, 3.63) is 57.5 Å². The summed E-state index contributed by atoms with van der Waals surface area (Å²) in [5, 5.41) is 7.52. The topological polar surface area (TPSA) is 41.1 Å². The molecule has 0 saturated carbocycles. The number of amides is 1. The summed E-state index contributed by atoms with van der Waals surface area (Å²) < 4.78 is 0. The lowest BCUT2D eigenvalue weighted by molar-refractivity contribution is -0.115. The molecule has 0 saturated heterocycles. The van der Waals surface area contributed by atoms with Crippen LogP contribution in [0.4, 0.5) is 11.4 Å². The minimum absolute atomic E-state index is 0.0788. The molecule has 0 aliphatic rings. The van der Waals surface area contributed by atoms with Gasteiger partial charge in [0.1, 0.15) is 0 Å². The first-order valence-electron chi connectivity index (χ1n) is 6.29. The first-order valence-corrected chi connectivity index (χ1v) is 7.42. The lowest BCUT2D eigenvalue weighted by Gasteiger charge is -2.08. The second kappa shape index (κ2) is 7.55. The zero-order valence-electron chi connectivity index (χ0n) is 11.0. The molecule has 0 aliphatic carbocycles. The van der Waals surface area contributed by atoms with E-state index in [1.54, 1.807) is 36.4 Å². The summed E-state index contributed by atoms with van der Waals surface area (Å²) in [4.78, 5) is 11.8. The molecule has 110 valence electrons. The minimum atomic E-state index is -0.0788. The van der Waals surface area contributed by atoms with Crippen molar-refractivity contribution in [2.45, 2.75) is 6.42 Å². The van der Waals surface area contributed by atoms with Gasteiger partial charge in [0.05, 0.1) is 10.0 Å². The first-order chi connectivity index (χ1) is 10.0. The standard InChI is InChI=1S/C15H13Cl3N2O/c16-10-1-3-11(4-2-10)20-15(21)7-8-19-12-5-6-13(17)14(18)9-12/h1-6,9,19H,7-8H2,(H,20,21). The number of hydrogen-bond acceptors (Lipinski definition) is 2. The van der Waals surface area contributed by atoms with Crippen LogP contribution in [-0.4, -0.2) is 12.5 Å². The maximum atomic E-state index is 11.8. The average Bonchev–Trinajstić information content (AvgIpc) is 2.45. The van der Waals surface area contributed by atoms with Gasteiger partial charge in [-0.2, -0.15) is 0 Å². The summed E-state index contributed by atoms with van der Waals surface area (Å²) in [7, 11) is 0. The van der Waals surface area contributed by atoms with Crippen molar-refractivity contribution in [1.29, 1.82) is 0 Å². The van der Waals surface area contributed by atoms with Crippen molar-refractivity contribution in [3.8, 4) is 0 Å². The summed E-state index contributed by atoms with van der Waals surface area (Å²) in [6.45, 7) is 0.497. The maximum Gasteiger partial charge on any atom is 0.226 e. The number of carbonyl (C=O) groups is 1. The molecule has 3 nitrogen and oxygen atoms in total. The van der Waals surface area contributed by atoms with Gasteiger partial charge >= 0.3 is 0 Å². The van der Waals surface area contributed by atoms with Crippen molar-refractivity contribution in [2.75, 3.05) is 17.2 Å². The third kappa shape index (κ3) is 5.12. The van der Waals surface area contributed by atoms with Crippen LogP contribution in [0.25, 0.3) is 0 Å². The van der Waals surface area contributed by atoms with Crippen LogP contribution >= 0.6 is 34.8 Å². The zero-order chi connectivity index (χ0) is 15.2. The Morgan fingerprint density at radius 2 is 1.57 bits per heavy atom. The molecule has 0 heterocycles. The highest BCUT2D eigenvalue weighted by atomic mass is 35.5. The van der Waals surface area contributed by atoms with Gasteiger partial charge in [-0.25, -0.2) is 0 Å². The van der Waals surface area contributed by atoms with E-state index in [0.717, 1.165) is 11.4 Å². The predicted molar refractivity (Wildman–Crippen MR) is 89.7 cm³/mol. The Morgan fingerprint density at radius 1 is 0.905 bits per heavy atom. The van der Waals surface area contributed by atoms with Crippen LogP contribution in [0.15, 0.2) is 42.5 Å². The Morgan fingerprint density at radius 3 is 2.24 bits per heavy atom. The van der Waals surface area contributed by atoms with E-state index in [4.69, 9.17) is 34.8 Å². The van der Waals surface area contributed by atoms with Crippen molar-refractivity contribution in [3.63, 3.8) is 0 Å². The lowest BCUT2D eigenvalue weighted by Crippen LogP contribution is -2.16. The fourth-order valence-electron chi connectivity index (χ4n) is 1.68. The van der Waals surface area contributed by atoms with E-state index in [2.05, 4.69) is 10.6 Å². The van der Waals surface area contributed by atoms with Gasteiger partial charge < -0.3 is 10.6 Å². The molecule has 2 N–H and O–H groups in total. The first kappa shape index (κ1) is 16.0. The van der Waals surface area contributed by atoms with Gasteiger partial charge in [-0.15, -0.1) is 0 Å². The largest absolute Gasteiger partial charge is 0.384 e. The van der Waals surface area contributed by atoms with Crippen LogP contribution in [0.3, 0.4) is 0 Å². The van der Waals surface area contributed by atoms with Crippen molar-refractivity contribution in [1.82, 2.24) is 0 Å². The van der Waals surface area contributed by atoms with Crippen LogP contribution in [0.2, 0.25) is 15.1 Å². The molecule has 1 amide bonds. The van der Waals surface area contributed by atoms with E-state index < -0.39 is 0 Å². The molecule has 2 aromatic carbocycles. The van der Waals surface area contributed by atoms with Gasteiger partial charge in [0.15, 0.2) is 0 Å². The third-order valence-corrected chi connectivity index (χ3v) is 3.72. The number of halogens is 3. The highest BCUT2D eigenvalue weighted by Gasteiger charge is 2.03. The van der Waals surface area contributed by atoms with E-state index >= 15 is 0 Å². The maximum absolute atomic E-state index is 11.8. The van der Waals surface area contributed by atoms with Gasteiger partial charge in [-0.3, -0.25) is 4.79 Å². The van der Waals surface area contributed by atoms with Crippen LogP contribution in [0.1, 0.15) is 6.42 Å². The number of anilines is 2. The van der Waals surface area contributed by atoms with Crippen LogP contribution < -0.4 is 10.6 Å². The summed E-state index contributed by atoms with van der Waals surface area (Å²) in [6.07, 6.45) is 0.336. The van der Waals surface area contributed by atoms with Crippen LogP contribution in [0, 0.1) is 0 Å². The zero-order valence-corrected chi connectivity index (χ0v) is 13.3. The second-order valence-corrected chi connectivity index (χ2v) is 5.61. The monoisotopic (exact) mass is 342 g/mol. The molecule has 0 atom stereocenters. The van der Waals surface area contributed by atoms with Gasteiger partial charge in [0.25, 0.3) is 0 Å². The molecule has 2 aromatic rings. The van der Waals surface area contributed by atoms with Crippen LogP contribution in [-0.2, 0) is 4.79 Å². The minimum Gasteiger partial charge on any atom is -0.384 e. The predicted octanol–water partition coefficient (Wildman–Crippen LogP) is 5.09. The fraction of sp³-hybridized carbons (Fsp3) is 0.133. The summed E-state index contributed by atoms with van der Waals surface area (Å²) in [5.74, 6) is -0.0788. The molecular weight excluding hydrogens is 331 g/mol. The van der Waals surface area contributed by atoms with Crippen LogP contribution in [0.5, 0.6) is 0 Å². The number of benzene rings is 2. The summed E-state index contributed by atoms with van der Waals surface area (Å²) in [5.41, 5.74) is 1.54. The van der Waals surface area contributed by atoms with E-state index in [1.165, 1.54) is 0 Å². The molecule has 0 radical (unpaired) electrons. The molecule has 0 bridgehead atoms.